The minimum Gasteiger partial charge on any atom is -0.237 e. The number of rotatable bonds is 1. The van der Waals surface area contributed by atoms with E-state index in [4.69, 9.17) is 0 Å². The van der Waals surface area contributed by atoms with Crippen LogP contribution in [0, 0.1) is 19.7 Å². The van der Waals surface area contributed by atoms with Gasteiger partial charge in [-0.3, -0.25) is 0 Å². The fourth-order valence-corrected chi connectivity index (χ4v) is 1.50. The van der Waals surface area contributed by atoms with Crippen LogP contribution in [0.1, 0.15) is 11.1 Å². The molecule has 2 nitrogen and oxygen atoms in total. The van der Waals surface area contributed by atoms with Crippen molar-refractivity contribution < 1.29 is 4.39 Å². The highest BCUT2D eigenvalue weighted by molar-refractivity contribution is 5.60. The van der Waals surface area contributed by atoms with Crippen LogP contribution in [-0.4, -0.2) is 9.97 Å². The molecular formula is C12H11FN2. The number of benzene rings is 1. The third-order valence-electron chi connectivity index (χ3n) is 2.39. The highest BCUT2D eigenvalue weighted by atomic mass is 19.1. The molecule has 1 aromatic heterocycles. The molecule has 2 rings (SSSR count). The van der Waals surface area contributed by atoms with Crippen LogP contribution in [0.4, 0.5) is 4.39 Å². The minimum absolute atomic E-state index is 0.181. The first kappa shape index (κ1) is 9.77. The van der Waals surface area contributed by atoms with Gasteiger partial charge in [-0.2, -0.15) is 0 Å². The second-order valence-electron chi connectivity index (χ2n) is 3.44. The van der Waals surface area contributed by atoms with Gasteiger partial charge in [0.25, 0.3) is 0 Å². The molecule has 1 heterocycles. The van der Waals surface area contributed by atoms with E-state index in [-0.39, 0.29) is 5.82 Å². The van der Waals surface area contributed by atoms with Gasteiger partial charge in [-0.25, -0.2) is 14.4 Å². The molecule has 0 aliphatic carbocycles. The number of aromatic nitrogens is 2. The van der Waals surface area contributed by atoms with Gasteiger partial charge in [0.15, 0.2) is 5.82 Å². The van der Waals surface area contributed by atoms with Crippen LogP contribution in [0.2, 0.25) is 0 Å². The van der Waals surface area contributed by atoms with Gasteiger partial charge in [-0.1, -0.05) is 12.1 Å². The zero-order valence-electron chi connectivity index (χ0n) is 8.66. The summed E-state index contributed by atoms with van der Waals surface area (Å²) in [5.74, 6) is 0.383. The Balaban J connectivity index is 2.60. The van der Waals surface area contributed by atoms with Crippen LogP contribution >= 0.6 is 0 Å². The highest BCUT2D eigenvalue weighted by Gasteiger charge is 2.09. The van der Waals surface area contributed by atoms with Crippen LogP contribution in [0.5, 0.6) is 0 Å². The first-order chi connectivity index (χ1) is 7.20. The summed E-state index contributed by atoms with van der Waals surface area (Å²) in [5, 5.41) is 0. The van der Waals surface area contributed by atoms with Crippen molar-refractivity contribution in [1.29, 1.82) is 0 Å². The number of hydrogen-bond acceptors (Lipinski definition) is 2. The molecule has 3 heteroatoms. The van der Waals surface area contributed by atoms with E-state index in [1.807, 2.05) is 6.07 Å². The molecule has 0 fully saturated rings. The van der Waals surface area contributed by atoms with Gasteiger partial charge in [0.2, 0.25) is 0 Å². The summed E-state index contributed by atoms with van der Waals surface area (Å²) < 4.78 is 13.6. The largest absolute Gasteiger partial charge is 0.237 e. The Kier molecular flexibility index (Phi) is 2.46. The molecule has 0 bridgehead atoms. The zero-order chi connectivity index (χ0) is 10.8. The summed E-state index contributed by atoms with van der Waals surface area (Å²) >= 11 is 0. The molecular weight excluding hydrogens is 191 g/mol. The van der Waals surface area contributed by atoms with Crippen molar-refractivity contribution in [1.82, 2.24) is 9.97 Å². The van der Waals surface area contributed by atoms with Crippen molar-refractivity contribution in [2.75, 3.05) is 0 Å². The second kappa shape index (κ2) is 3.77. The van der Waals surface area contributed by atoms with Gasteiger partial charge in [0.1, 0.15) is 5.82 Å². The van der Waals surface area contributed by atoms with Crippen LogP contribution in [-0.2, 0) is 0 Å². The Hall–Kier alpha value is -1.77. The van der Waals surface area contributed by atoms with Crippen molar-refractivity contribution in [3.63, 3.8) is 0 Å². The fourth-order valence-electron chi connectivity index (χ4n) is 1.50. The Labute approximate surface area is 87.8 Å². The predicted molar refractivity (Wildman–Crippen MR) is 56.9 cm³/mol. The van der Waals surface area contributed by atoms with Gasteiger partial charge in [-0.15, -0.1) is 0 Å². The van der Waals surface area contributed by atoms with Crippen molar-refractivity contribution in [3.05, 3.63) is 47.5 Å². The average molecular weight is 202 g/mol. The van der Waals surface area contributed by atoms with Gasteiger partial charge in [0.05, 0.1) is 0 Å². The Morgan fingerprint density at radius 3 is 2.40 bits per heavy atom. The second-order valence-corrected chi connectivity index (χ2v) is 3.44. The third kappa shape index (κ3) is 1.73. The molecule has 0 saturated heterocycles. The van der Waals surface area contributed by atoms with Crippen molar-refractivity contribution in [2.24, 2.45) is 0 Å². The molecule has 0 aliphatic rings. The molecule has 0 aliphatic heterocycles. The summed E-state index contributed by atoms with van der Waals surface area (Å²) in [6.07, 6.45) is 3.30. The van der Waals surface area contributed by atoms with Crippen molar-refractivity contribution in [2.45, 2.75) is 13.8 Å². The van der Waals surface area contributed by atoms with E-state index < -0.39 is 0 Å². The third-order valence-corrected chi connectivity index (χ3v) is 2.39. The Morgan fingerprint density at radius 2 is 1.73 bits per heavy atom. The maximum Gasteiger partial charge on any atom is 0.159 e. The number of nitrogens with zero attached hydrogens (tertiary/aromatic N) is 2. The predicted octanol–water partition coefficient (Wildman–Crippen LogP) is 2.90. The summed E-state index contributed by atoms with van der Waals surface area (Å²) in [6.45, 7) is 3.49. The summed E-state index contributed by atoms with van der Waals surface area (Å²) in [7, 11) is 0. The quantitative estimate of drug-likeness (QED) is 0.710. The number of hydrogen-bond donors (Lipinski definition) is 0. The molecule has 0 amide bonds. The molecule has 76 valence electrons. The minimum atomic E-state index is -0.181. The van der Waals surface area contributed by atoms with Crippen molar-refractivity contribution in [3.8, 4) is 11.4 Å². The van der Waals surface area contributed by atoms with E-state index in [2.05, 4.69) is 9.97 Å². The van der Waals surface area contributed by atoms with Crippen LogP contribution in [0.3, 0.4) is 0 Å². The molecule has 15 heavy (non-hydrogen) atoms. The van der Waals surface area contributed by atoms with E-state index in [9.17, 15) is 4.39 Å². The maximum absolute atomic E-state index is 13.6. The van der Waals surface area contributed by atoms with E-state index in [1.54, 1.807) is 38.4 Å². The van der Waals surface area contributed by atoms with Crippen LogP contribution < -0.4 is 0 Å². The van der Waals surface area contributed by atoms with Gasteiger partial charge in [0, 0.05) is 18.0 Å². The molecule has 0 N–H and O–H groups in total. The molecule has 0 spiro atoms. The van der Waals surface area contributed by atoms with E-state index in [0.717, 1.165) is 5.56 Å². The average Bonchev–Trinajstić information content (AvgIpc) is 2.27. The zero-order valence-corrected chi connectivity index (χ0v) is 8.66. The number of halogens is 1. The Morgan fingerprint density at radius 1 is 1.07 bits per heavy atom. The summed E-state index contributed by atoms with van der Waals surface area (Å²) in [4.78, 5) is 8.21. The van der Waals surface area contributed by atoms with E-state index in [0.29, 0.717) is 17.0 Å². The van der Waals surface area contributed by atoms with Crippen molar-refractivity contribution >= 4 is 0 Å². The van der Waals surface area contributed by atoms with Gasteiger partial charge < -0.3 is 0 Å². The smallest absolute Gasteiger partial charge is 0.159 e. The number of aryl methyl sites for hydroxylation is 1. The standard InChI is InChI=1S/C12H11FN2/c1-8-4-5-10(9(2)11(8)13)12-14-6-3-7-15-12/h3-7H,1-2H3. The normalized spacial score (nSPS) is 10.3. The topological polar surface area (TPSA) is 25.8 Å². The Bertz CT molecular complexity index is 480. The lowest BCUT2D eigenvalue weighted by Gasteiger charge is -2.06. The van der Waals surface area contributed by atoms with E-state index in [1.165, 1.54) is 0 Å². The summed E-state index contributed by atoms with van der Waals surface area (Å²) in [5.41, 5.74) is 1.99. The SMILES string of the molecule is Cc1ccc(-c2ncccn2)c(C)c1F. The fraction of sp³-hybridized carbons (Fsp3) is 0.167. The molecule has 0 unspecified atom stereocenters. The first-order valence-electron chi connectivity index (χ1n) is 4.73. The molecule has 1 aromatic carbocycles. The lowest BCUT2D eigenvalue weighted by molar-refractivity contribution is 0.609. The molecule has 2 aromatic rings. The lowest BCUT2D eigenvalue weighted by Crippen LogP contribution is -1.94. The van der Waals surface area contributed by atoms with Gasteiger partial charge in [-0.05, 0) is 31.0 Å². The first-order valence-corrected chi connectivity index (χ1v) is 4.73. The molecule has 0 saturated carbocycles. The van der Waals surface area contributed by atoms with E-state index >= 15 is 0 Å². The highest BCUT2D eigenvalue weighted by Crippen LogP contribution is 2.23. The van der Waals surface area contributed by atoms with Crippen LogP contribution in [0.25, 0.3) is 11.4 Å². The summed E-state index contributed by atoms with van der Waals surface area (Å²) in [6, 6.07) is 5.33. The van der Waals surface area contributed by atoms with Gasteiger partial charge >= 0.3 is 0 Å². The maximum atomic E-state index is 13.6. The van der Waals surface area contributed by atoms with Crippen LogP contribution in [0.15, 0.2) is 30.6 Å². The molecule has 0 radical (unpaired) electrons. The monoisotopic (exact) mass is 202 g/mol. The molecule has 0 atom stereocenters. The lowest BCUT2D eigenvalue weighted by atomic mass is 10.0.